The minimum Gasteiger partial charge on any atom is -0.481 e. The molecule has 1 aliphatic carbocycles. The summed E-state index contributed by atoms with van der Waals surface area (Å²) in [6.45, 7) is 2.90. The second kappa shape index (κ2) is 6.72. The molecule has 2 aliphatic rings. The Balaban J connectivity index is 1.74. The molecule has 1 aromatic rings. The molecule has 0 aromatic carbocycles. The van der Waals surface area contributed by atoms with Gasteiger partial charge in [0.05, 0.1) is 23.7 Å². The number of aliphatic carboxylic acids is 1. The van der Waals surface area contributed by atoms with Crippen molar-refractivity contribution in [3.05, 3.63) is 17.5 Å². The SMILES string of the molecule is Cc1c(C(=O)N2CCCC(C(=O)O)C2)cnn1C1CCCCC1. The van der Waals surface area contributed by atoms with Crippen LogP contribution in [0.15, 0.2) is 6.20 Å². The number of nitrogens with zero attached hydrogens (tertiary/aromatic N) is 3. The summed E-state index contributed by atoms with van der Waals surface area (Å²) >= 11 is 0. The summed E-state index contributed by atoms with van der Waals surface area (Å²) in [6, 6.07) is 0.401. The molecule has 1 saturated heterocycles. The molecule has 6 nitrogen and oxygen atoms in total. The number of carboxylic acids is 1. The van der Waals surface area contributed by atoms with Gasteiger partial charge >= 0.3 is 5.97 Å². The Labute approximate surface area is 136 Å². The van der Waals surface area contributed by atoms with E-state index in [2.05, 4.69) is 5.10 Å². The number of rotatable bonds is 3. The van der Waals surface area contributed by atoms with Crippen molar-refractivity contribution >= 4 is 11.9 Å². The van der Waals surface area contributed by atoms with Crippen LogP contribution in [-0.4, -0.2) is 44.8 Å². The maximum atomic E-state index is 12.8. The third-order valence-corrected chi connectivity index (χ3v) is 5.25. The third-order valence-electron chi connectivity index (χ3n) is 5.25. The third kappa shape index (κ3) is 3.26. The fraction of sp³-hybridized carbons (Fsp3) is 0.706. The van der Waals surface area contributed by atoms with Gasteiger partial charge < -0.3 is 10.0 Å². The normalized spacial score (nSPS) is 23.0. The van der Waals surface area contributed by atoms with Gasteiger partial charge in [-0.3, -0.25) is 14.3 Å². The first kappa shape index (κ1) is 16.0. The van der Waals surface area contributed by atoms with E-state index >= 15 is 0 Å². The van der Waals surface area contributed by atoms with Crippen LogP contribution in [0.4, 0.5) is 0 Å². The van der Waals surface area contributed by atoms with Crippen LogP contribution in [0.2, 0.25) is 0 Å². The second-order valence-corrected chi connectivity index (χ2v) is 6.81. The molecule has 1 aliphatic heterocycles. The largest absolute Gasteiger partial charge is 0.481 e. The van der Waals surface area contributed by atoms with Gasteiger partial charge in [0, 0.05) is 18.8 Å². The summed E-state index contributed by atoms with van der Waals surface area (Å²) in [6.07, 6.45) is 9.04. The van der Waals surface area contributed by atoms with E-state index in [9.17, 15) is 14.7 Å². The predicted octanol–water partition coefficient (Wildman–Crippen LogP) is 2.63. The van der Waals surface area contributed by atoms with Gasteiger partial charge in [0.15, 0.2) is 0 Å². The smallest absolute Gasteiger partial charge is 0.308 e. The van der Waals surface area contributed by atoms with E-state index in [1.807, 2.05) is 11.6 Å². The zero-order valence-corrected chi connectivity index (χ0v) is 13.7. The summed E-state index contributed by atoms with van der Waals surface area (Å²) in [5.74, 6) is -1.32. The van der Waals surface area contributed by atoms with Crippen LogP contribution in [-0.2, 0) is 4.79 Å². The van der Waals surface area contributed by atoms with Gasteiger partial charge in [-0.15, -0.1) is 0 Å². The van der Waals surface area contributed by atoms with E-state index in [4.69, 9.17) is 0 Å². The van der Waals surface area contributed by atoms with E-state index in [0.717, 1.165) is 25.0 Å². The molecule has 1 N–H and O–H groups in total. The molecule has 1 saturated carbocycles. The van der Waals surface area contributed by atoms with Gasteiger partial charge in [-0.1, -0.05) is 19.3 Å². The number of carboxylic acid groups (broad SMARTS) is 1. The second-order valence-electron chi connectivity index (χ2n) is 6.81. The van der Waals surface area contributed by atoms with Crippen LogP contribution in [0.25, 0.3) is 0 Å². The van der Waals surface area contributed by atoms with Crippen molar-refractivity contribution in [2.45, 2.75) is 57.9 Å². The van der Waals surface area contributed by atoms with Gasteiger partial charge in [-0.05, 0) is 32.6 Å². The van der Waals surface area contributed by atoms with Crippen molar-refractivity contribution in [3.63, 3.8) is 0 Å². The summed E-state index contributed by atoms with van der Waals surface area (Å²) in [5.41, 5.74) is 1.54. The molecule has 2 fully saturated rings. The molecular weight excluding hydrogens is 294 g/mol. The van der Waals surface area contributed by atoms with E-state index in [1.54, 1.807) is 11.1 Å². The molecule has 0 spiro atoms. The minimum absolute atomic E-state index is 0.0736. The number of carbonyl (C=O) groups is 2. The number of likely N-dealkylation sites (tertiary alicyclic amines) is 1. The van der Waals surface area contributed by atoms with Crippen molar-refractivity contribution in [3.8, 4) is 0 Å². The van der Waals surface area contributed by atoms with E-state index < -0.39 is 11.9 Å². The van der Waals surface area contributed by atoms with Crippen LogP contribution in [0.3, 0.4) is 0 Å². The molecule has 6 heteroatoms. The molecule has 2 heterocycles. The summed E-state index contributed by atoms with van der Waals surface area (Å²) in [5, 5.41) is 13.6. The van der Waals surface area contributed by atoms with Gasteiger partial charge in [0.2, 0.25) is 0 Å². The van der Waals surface area contributed by atoms with Crippen molar-refractivity contribution in [2.24, 2.45) is 5.92 Å². The highest BCUT2D eigenvalue weighted by molar-refractivity contribution is 5.95. The molecule has 0 bridgehead atoms. The number of hydrogen-bond donors (Lipinski definition) is 1. The highest BCUT2D eigenvalue weighted by Crippen LogP contribution is 2.29. The quantitative estimate of drug-likeness (QED) is 0.929. The van der Waals surface area contributed by atoms with Crippen LogP contribution in [0, 0.1) is 12.8 Å². The molecule has 1 aromatic heterocycles. The van der Waals surface area contributed by atoms with Crippen molar-refractivity contribution < 1.29 is 14.7 Å². The first-order valence-electron chi connectivity index (χ1n) is 8.64. The van der Waals surface area contributed by atoms with Gasteiger partial charge in [-0.25, -0.2) is 0 Å². The van der Waals surface area contributed by atoms with E-state index in [1.165, 1.54) is 19.3 Å². The van der Waals surface area contributed by atoms with Gasteiger partial charge in [0.1, 0.15) is 0 Å². The van der Waals surface area contributed by atoms with E-state index in [-0.39, 0.29) is 5.91 Å². The molecule has 23 heavy (non-hydrogen) atoms. The Morgan fingerprint density at radius 1 is 1.17 bits per heavy atom. The molecular formula is C17H25N3O3. The number of amides is 1. The zero-order chi connectivity index (χ0) is 16.4. The van der Waals surface area contributed by atoms with Crippen molar-refractivity contribution in [2.75, 3.05) is 13.1 Å². The summed E-state index contributed by atoms with van der Waals surface area (Å²) in [4.78, 5) is 25.6. The number of piperidine rings is 1. The number of aromatic nitrogens is 2. The fourth-order valence-corrected chi connectivity index (χ4v) is 3.86. The summed E-state index contributed by atoms with van der Waals surface area (Å²) in [7, 11) is 0. The lowest BCUT2D eigenvalue weighted by Gasteiger charge is -2.30. The maximum Gasteiger partial charge on any atom is 0.308 e. The average molecular weight is 319 g/mol. The lowest BCUT2D eigenvalue weighted by Crippen LogP contribution is -2.42. The molecule has 0 radical (unpaired) electrons. The maximum absolute atomic E-state index is 12.8. The molecule has 1 atom stereocenters. The average Bonchev–Trinajstić information content (AvgIpc) is 2.96. The molecule has 3 rings (SSSR count). The Morgan fingerprint density at radius 3 is 2.61 bits per heavy atom. The molecule has 1 unspecified atom stereocenters. The summed E-state index contributed by atoms with van der Waals surface area (Å²) < 4.78 is 2.00. The number of carbonyl (C=O) groups excluding carboxylic acids is 1. The molecule has 126 valence electrons. The Bertz CT molecular complexity index is 590. The zero-order valence-electron chi connectivity index (χ0n) is 13.7. The first-order valence-corrected chi connectivity index (χ1v) is 8.64. The highest BCUT2D eigenvalue weighted by Gasteiger charge is 2.30. The standard InChI is InChI=1S/C17H25N3O3/c1-12-15(10-18-20(12)14-7-3-2-4-8-14)16(21)19-9-5-6-13(11-19)17(22)23/h10,13-14H,2-9,11H2,1H3,(H,22,23). The van der Waals surface area contributed by atoms with E-state index in [0.29, 0.717) is 31.1 Å². The van der Waals surface area contributed by atoms with Crippen LogP contribution >= 0.6 is 0 Å². The fourth-order valence-electron chi connectivity index (χ4n) is 3.86. The Morgan fingerprint density at radius 2 is 1.91 bits per heavy atom. The monoisotopic (exact) mass is 319 g/mol. The van der Waals surface area contributed by atoms with Crippen molar-refractivity contribution in [1.82, 2.24) is 14.7 Å². The van der Waals surface area contributed by atoms with Crippen LogP contribution in [0.1, 0.15) is 67.0 Å². The van der Waals surface area contributed by atoms with Crippen LogP contribution in [0.5, 0.6) is 0 Å². The van der Waals surface area contributed by atoms with Crippen LogP contribution < -0.4 is 0 Å². The Hall–Kier alpha value is -1.85. The highest BCUT2D eigenvalue weighted by atomic mass is 16.4. The topological polar surface area (TPSA) is 75.4 Å². The first-order chi connectivity index (χ1) is 11.1. The van der Waals surface area contributed by atoms with Crippen molar-refractivity contribution in [1.29, 1.82) is 0 Å². The number of hydrogen-bond acceptors (Lipinski definition) is 3. The predicted molar refractivity (Wildman–Crippen MR) is 85.3 cm³/mol. The lowest BCUT2D eigenvalue weighted by molar-refractivity contribution is -0.143. The van der Waals surface area contributed by atoms with Gasteiger partial charge in [0.25, 0.3) is 5.91 Å². The Kier molecular flexibility index (Phi) is 4.68. The van der Waals surface area contributed by atoms with Gasteiger partial charge in [-0.2, -0.15) is 5.10 Å². The lowest BCUT2D eigenvalue weighted by atomic mass is 9.95. The minimum atomic E-state index is -0.808. The molecule has 1 amide bonds.